The predicted octanol–water partition coefficient (Wildman–Crippen LogP) is 3.33. The van der Waals surface area contributed by atoms with Gasteiger partial charge in [-0.3, -0.25) is 9.69 Å². The van der Waals surface area contributed by atoms with Crippen LogP contribution in [0.25, 0.3) is 5.69 Å². The third kappa shape index (κ3) is 4.75. The van der Waals surface area contributed by atoms with Gasteiger partial charge in [0, 0.05) is 24.5 Å². The maximum absolute atomic E-state index is 14.3. The van der Waals surface area contributed by atoms with Gasteiger partial charge in [0.25, 0.3) is 0 Å². The minimum Gasteiger partial charge on any atom is -0.445 e. The summed E-state index contributed by atoms with van der Waals surface area (Å²) in [6.07, 6.45) is 2.08. The molecular weight excluding hydrogens is 401 g/mol. The van der Waals surface area contributed by atoms with Gasteiger partial charge in [-0.2, -0.15) is 0 Å². The highest BCUT2D eigenvalue weighted by Crippen LogP contribution is 2.24. The number of hydrogen-bond acceptors (Lipinski definition) is 4. The number of aliphatic hydroxyl groups is 1. The minimum atomic E-state index is -0.965. The van der Waals surface area contributed by atoms with E-state index in [2.05, 4.69) is 5.32 Å². The molecule has 0 aliphatic carbocycles. The summed E-state index contributed by atoms with van der Waals surface area (Å²) in [5.74, 6) is -1.18. The monoisotopic (exact) mass is 423 g/mol. The number of rotatable bonds is 5. The quantitative estimate of drug-likeness (QED) is 0.660. The van der Waals surface area contributed by atoms with Crippen LogP contribution in [-0.4, -0.2) is 45.3 Å². The van der Waals surface area contributed by atoms with E-state index < -0.39 is 30.0 Å². The molecule has 0 unspecified atom stereocenters. The fourth-order valence-corrected chi connectivity index (χ4v) is 3.56. The maximum Gasteiger partial charge on any atom is 0.410 e. The number of amides is 2. The highest BCUT2D eigenvalue weighted by atomic mass is 19.1. The average molecular weight is 423 g/mol. The van der Waals surface area contributed by atoms with E-state index >= 15 is 0 Å². The molecular formula is C23H22FN3O4. The third-order valence-electron chi connectivity index (χ3n) is 5.13. The van der Waals surface area contributed by atoms with E-state index in [0.717, 1.165) is 5.56 Å². The van der Waals surface area contributed by atoms with Crippen molar-refractivity contribution in [3.05, 3.63) is 84.4 Å². The van der Waals surface area contributed by atoms with Crippen molar-refractivity contribution in [1.29, 1.82) is 0 Å². The van der Waals surface area contributed by atoms with Crippen LogP contribution in [-0.2, 0) is 16.1 Å². The number of anilines is 1. The van der Waals surface area contributed by atoms with E-state index in [1.54, 1.807) is 23.0 Å². The molecule has 2 aromatic carbocycles. The molecule has 2 heterocycles. The Morgan fingerprint density at radius 3 is 2.58 bits per heavy atom. The summed E-state index contributed by atoms with van der Waals surface area (Å²) >= 11 is 0. The van der Waals surface area contributed by atoms with Crippen molar-refractivity contribution >= 4 is 17.7 Å². The van der Waals surface area contributed by atoms with Crippen molar-refractivity contribution in [1.82, 2.24) is 9.47 Å². The Morgan fingerprint density at radius 1 is 1.10 bits per heavy atom. The zero-order valence-electron chi connectivity index (χ0n) is 16.6. The lowest BCUT2D eigenvalue weighted by Crippen LogP contribution is -2.43. The first kappa shape index (κ1) is 20.6. The number of ether oxygens (including phenoxy) is 1. The van der Waals surface area contributed by atoms with E-state index in [1.165, 1.54) is 17.0 Å². The molecule has 1 saturated heterocycles. The summed E-state index contributed by atoms with van der Waals surface area (Å²) in [6, 6.07) is 16.2. The van der Waals surface area contributed by atoms with Crippen molar-refractivity contribution in [3.8, 4) is 5.69 Å². The van der Waals surface area contributed by atoms with Gasteiger partial charge in [-0.05, 0) is 35.9 Å². The third-order valence-corrected chi connectivity index (χ3v) is 5.13. The molecule has 0 spiro atoms. The molecule has 3 aromatic rings. The van der Waals surface area contributed by atoms with Gasteiger partial charge in [0.2, 0.25) is 5.91 Å². The minimum absolute atomic E-state index is 0.00445. The SMILES string of the molecule is O=C(Nc1cc(-n2cccc2)ccc1F)[C@@H]1C[C@@H](O)CN1C(=O)OCc1ccccc1. The van der Waals surface area contributed by atoms with Crippen LogP contribution in [0.2, 0.25) is 0 Å². The molecule has 1 aromatic heterocycles. The number of β-amino-alcohol motifs (C(OH)–C–C–N with tert-alkyl or cyclic N) is 1. The first-order valence-corrected chi connectivity index (χ1v) is 9.90. The lowest BCUT2D eigenvalue weighted by atomic mass is 10.1. The number of benzene rings is 2. The van der Waals surface area contributed by atoms with Crippen molar-refractivity contribution in [3.63, 3.8) is 0 Å². The van der Waals surface area contributed by atoms with Gasteiger partial charge in [0.15, 0.2) is 0 Å². The second kappa shape index (κ2) is 9.01. The van der Waals surface area contributed by atoms with Gasteiger partial charge in [-0.1, -0.05) is 30.3 Å². The molecule has 2 N–H and O–H groups in total. The number of carbonyl (C=O) groups is 2. The number of halogens is 1. The van der Waals surface area contributed by atoms with Crippen molar-refractivity contribution in [2.45, 2.75) is 25.2 Å². The van der Waals surface area contributed by atoms with Crippen molar-refractivity contribution in [2.24, 2.45) is 0 Å². The number of aromatic nitrogens is 1. The number of nitrogens with one attached hydrogen (secondary N) is 1. The van der Waals surface area contributed by atoms with Crippen LogP contribution < -0.4 is 5.32 Å². The topological polar surface area (TPSA) is 83.8 Å². The van der Waals surface area contributed by atoms with Crippen LogP contribution in [0.1, 0.15) is 12.0 Å². The molecule has 1 fully saturated rings. The van der Waals surface area contributed by atoms with Gasteiger partial charge in [0.05, 0.1) is 18.3 Å². The summed E-state index contributed by atoms with van der Waals surface area (Å²) in [5, 5.41) is 12.6. The average Bonchev–Trinajstić information content (AvgIpc) is 3.44. The molecule has 0 bridgehead atoms. The molecule has 2 amide bonds. The molecule has 0 radical (unpaired) electrons. The smallest absolute Gasteiger partial charge is 0.410 e. The van der Waals surface area contributed by atoms with Crippen LogP contribution in [0.3, 0.4) is 0 Å². The lowest BCUT2D eigenvalue weighted by molar-refractivity contribution is -0.120. The van der Waals surface area contributed by atoms with Crippen LogP contribution in [0.4, 0.5) is 14.9 Å². The summed E-state index contributed by atoms with van der Waals surface area (Å²) in [6.45, 7) is 0.0196. The zero-order valence-corrected chi connectivity index (χ0v) is 16.6. The molecule has 1 aliphatic heterocycles. The van der Waals surface area contributed by atoms with Gasteiger partial charge < -0.3 is 19.7 Å². The zero-order chi connectivity index (χ0) is 21.8. The van der Waals surface area contributed by atoms with Crippen LogP contribution in [0.15, 0.2) is 73.1 Å². The normalized spacial score (nSPS) is 18.1. The van der Waals surface area contributed by atoms with Crippen LogP contribution >= 0.6 is 0 Å². The van der Waals surface area contributed by atoms with Crippen LogP contribution in [0, 0.1) is 5.82 Å². The van der Waals surface area contributed by atoms with Gasteiger partial charge in [-0.15, -0.1) is 0 Å². The van der Waals surface area contributed by atoms with E-state index in [9.17, 15) is 19.1 Å². The largest absolute Gasteiger partial charge is 0.445 e. The van der Waals surface area contributed by atoms with E-state index in [0.29, 0.717) is 5.69 Å². The number of nitrogens with zero attached hydrogens (tertiary/aromatic N) is 2. The summed E-state index contributed by atoms with van der Waals surface area (Å²) in [7, 11) is 0. The van der Waals surface area contributed by atoms with Crippen molar-refractivity contribution < 1.29 is 23.8 Å². The van der Waals surface area contributed by atoms with Crippen LogP contribution in [0.5, 0.6) is 0 Å². The summed E-state index contributed by atoms with van der Waals surface area (Å²) < 4.78 is 21.4. The Morgan fingerprint density at radius 2 is 1.84 bits per heavy atom. The highest BCUT2D eigenvalue weighted by molar-refractivity contribution is 5.97. The first-order valence-electron chi connectivity index (χ1n) is 9.90. The molecule has 2 atom stereocenters. The summed E-state index contributed by atoms with van der Waals surface area (Å²) in [4.78, 5) is 26.6. The van der Waals surface area contributed by atoms with E-state index in [-0.39, 0.29) is 25.3 Å². The number of hydrogen-bond donors (Lipinski definition) is 2. The Kier molecular flexibility index (Phi) is 5.99. The highest BCUT2D eigenvalue weighted by Gasteiger charge is 2.40. The Balaban J connectivity index is 1.45. The second-order valence-electron chi connectivity index (χ2n) is 7.34. The van der Waals surface area contributed by atoms with Crippen molar-refractivity contribution in [2.75, 3.05) is 11.9 Å². The Labute approximate surface area is 178 Å². The summed E-state index contributed by atoms with van der Waals surface area (Å²) in [5.41, 5.74) is 1.47. The second-order valence-corrected chi connectivity index (χ2v) is 7.34. The molecule has 160 valence electrons. The fraction of sp³-hybridized carbons (Fsp3) is 0.217. The lowest BCUT2D eigenvalue weighted by Gasteiger charge is -2.23. The van der Waals surface area contributed by atoms with Gasteiger partial charge in [-0.25, -0.2) is 9.18 Å². The fourth-order valence-electron chi connectivity index (χ4n) is 3.56. The first-order chi connectivity index (χ1) is 15.0. The molecule has 31 heavy (non-hydrogen) atoms. The number of likely N-dealkylation sites (tertiary alicyclic amines) is 1. The van der Waals surface area contributed by atoms with Gasteiger partial charge >= 0.3 is 6.09 Å². The molecule has 4 rings (SSSR count). The standard InChI is InChI=1S/C23H22FN3O4/c24-19-9-8-17(26-10-4-5-11-26)12-20(19)25-22(29)21-13-18(28)14-27(21)23(30)31-15-16-6-2-1-3-7-16/h1-12,18,21,28H,13-15H2,(H,25,29)/t18-,21+/m1/s1. The number of carbonyl (C=O) groups excluding carboxylic acids is 2. The maximum atomic E-state index is 14.3. The molecule has 1 aliphatic rings. The Hall–Kier alpha value is -3.65. The van der Waals surface area contributed by atoms with Gasteiger partial charge in [0.1, 0.15) is 18.5 Å². The number of aliphatic hydroxyl groups excluding tert-OH is 1. The molecule has 8 heteroatoms. The molecule has 7 nitrogen and oxygen atoms in total. The van der Waals surface area contributed by atoms with E-state index in [1.807, 2.05) is 42.5 Å². The Bertz CT molecular complexity index is 1060. The predicted molar refractivity (Wildman–Crippen MR) is 112 cm³/mol. The molecule has 0 saturated carbocycles. The van der Waals surface area contributed by atoms with E-state index in [4.69, 9.17) is 4.74 Å².